The van der Waals surface area contributed by atoms with Gasteiger partial charge in [-0.25, -0.2) is 13.6 Å². The predicted molar refractivity (Wildman–Crippen MR) is 78.9 cm³/mol. The van der Waals surface area contributed by atoms with Crippen molar-refractivity contribution >= 4 is 27.3 Å². The quantitative estimate of drug-likeness (QED) is 0.912. The highest BCUT2D eigenvalue weighted by Crippen LogP contribution is 2.25. The Balaban J connectivity index is 1.97. The SMILES string of the molecule is CC(C)C1CCN(C(=O)Cc2ccc(S(N)(=O)=O)s2)C1. The van der Waals surface area contributed by atoms with E-state index in [9.17, 15) is 13.2 Å². The van der Waals surface area contributed by atoms with Gasteiger partial charge in [0.15, 0.2) is 0 Å². The molecule has 1 aromatic heterocycles. The van der Waals surface area contributed by atoms with Gasteiger partial charge in [0.2, 0.25) is 15.9 Å². The smallest absolute Gasteiger partial charge is 0.247 e. The zero-order chi connectivity index (χ0) is 14.9. The van der Waals surface area contributed by atoms with Crippen LogP contribution in [-0.4, -0.2) is 32.3 Å². The number of primary sulfonamides is 1. The van der Waals surface area contributed by atoms with Gasteiger partial charge in [0, 0.05) is 18.0 Å². The molecule has 1 aliphatic heterocycles. The number of thiophene rings is 1. The summed E-state index contributed by atoms with van der Waals surface area (Å²) in [5.41, 5.74) is 0. The van der Waals surface area contributed by atoms with E-state index < -0.39 is 10.0 Å². The molecule has 0 saturated carbocycles. The molecule has 1 aromatic rings. The third-order valence-corrected chi connectivity index (χ3v) is 6.29. The normalized spacial score (nSPS) is 19.8. The highest BCUT2D eigenvalue weighted by Gasteiger charge is 2.28. The summed E-state index contributed by atoms with van der Waals surface area (Å²) in [6.45, 7) is 5.96. The molecule has 0 bridgehead atoms. The fourth-order valence-corrected chi connectivity index (χ4v) is 4.19. The summed E-state index contributed by atoms with van der Waals surface area (Å²) >= 11 is 1.07. The number of nitrogens with zero attached hydrogens (tertiary/aromatic N) is 1. The summed E-state index contributed by atoms with van der Waals surface area (Å²) in [5.74, 6) is 1.22. The number of amides is 1. The molecule has 2 rings (SSSR count). The number of sulfonamides is 1. The van der Waals surface area contributed by atoms with Crippen molar-refractivity contribution in [2.45, 2.75) is 30.9 Å². The Labute approximate surface area is 123 Å². The van der Waals surface area contributed by atoms with Crippen LogP contribution < -0.4 is 5.14 Å². The van der Waals surface area contributed by atoms with Crippen LogP contribution in [0, 0.1) is 11.8 Å². The number of rotatable bonds is 4. The van der Waals surface area contributed by atoms with Gasteiger partial charge in [-0.15, -0.1) is 11.3 Å². The van der Waals surface area contributed by atoms with Crippen molar-refractivity contribution in [3.8, 4) is 0 Å². The Morgan fingerprint density at radius 1 is 1.50 bits per heavy atom. The van der Waals surface area contributed by atoms with Gasteiger partial charge in [0.1, 0.15) is 4.21 Å². The lowest BCUT2D eigenvalue weighted by Crippen LogP contribution is -2.30. The summed E-state index contributed by atoms with van der Waals surface area (Å²) in [5, 5.41) is 5.06. The van der Waals surface area contributed by atoms with Crippen molar-refractivity contribution in [2.75, 3.05) is 13.1 Å². The van der Waals surface area contributed by atoms with Crippen molar-refractivity contribution < 1.29 is 13.2 Å². The minimum atomic E-state index is -3.66. The molecule has 2 heterocycles. The van der Waals surface area contributed by atoms with E-state index in [4.69, 9.17) is 5.14 Å². The van der Waals surface area contributed by atoms with Gasteiger partial charge in [0.05, 0.1) is 6.42 Å². The van der Waals surface area contributed by atoms with Gasteiger partial charge in [0.25, 0.3) is 0 Å². The molecule has 1 atom stereocenters. The van der Waals surface area contributed by atoms with Gasteiger partial charge >= 0.3 is 0 Å². The van der Waals surface area contributed by atoms with Crippen molar-refractivity contribution in [3.63, 3.8) is 0 Å². The van der Waals surface area contributed by atoms with E-state index in [-0.39, 0.29) is 16.5 Å². The second-order valence-corrected chi connectivity index (χ2v) is 8.53. The molecule has 0 spiro atoms. The summed E-state index contributed by atoms with van der Waals surface area (Å²) in [6.07, 6.45) is 1.31. The van der Waals surface area contributed by atoms with Crippen molar-refractivity contribution in [2.24, 2.45) is 17.0 Å². The fraction of sp³-hybridized carbons (Fsp3) is 0.615. The van der Waals surface area contributed by atoms with Crippen molar-refractivity contribution in [1.29, 1.82) is 0 Å². The van der Waals surface area contributed by atoms with Crippen LogP contribution in [0.3, 0.4) is 0 Å². The van der Waals surface area contributed by atoms with Crippen LogP contribution in [0.2, 0.25) is 0 Å². The molecule has 5 nitrogen and oxygen atoms in total. The lowest BCUT2D eigenvalue weighted by molar-refractivity contribution is -0.129. The molecule has 20 heavy (non-hydrogen) atoms. The average Bonchev–Trinajstić information content (AvgIpc) is 2.95. The molecule has 1 amide bonds. The van der Waals surface area contributed by atoms with Gasteiger partial charge < -0.3 is 4.90 Å². The van der Waals surface area contributed by atoms with Crippen LogP contribution in [0.1, 0.15) is 25.1 Å². The largest absolute Gasteiger partial charge is 0.342 e. The van der Waals surface area contributed by atoms with E-state index in [0.29, 0.717) is 11.8 Å². The fourth-order valence-electron chi connectivity index (χ4n) is 2.42. The standard InChI is InChI=1S/C13H20N2O3S2/c1-9(2)10-5-6-15(8-10)12(16)7-11-3-4-13(19-11)20(14,17)18/h3-4,9-10H,5-8H2,1-2H3,(H2,14,17,18). The molecule has 0 aliphatic carbocycles. The van der Waals surface area contributed by atoms with E-state index in [1.54, 1.807) is 6.07 Å². The molecule has 1 fully saturated rings. The van der Waals surface area contributed by atoms with E-state index in [1.807, 2.05) is 4.90 Å². The lowest BCUT2D eigenvalue weighted by Gasteiger charge is -2.17. The summed E-state index contributed by atoms with van der Waals surface area (Å²) in [4.78, 5) is 14.8. The van der Waals surface area contributed by atoms with Crippen molar-refractivity contribution in [1.82, 2.24) is 4.90 Å². The predicted octanol–water partition coefficient (Wildman–Crippen LogP) is 1.44. The molecule has 0 radical (unpaired) electrons. The Bertz CT molecular complexity index is 593. The molecule has 1 aliphatic rings. The summed E-state index contributed by atoms with van der Waals surface area (Å²) in [6, 6.07) is 3.13. The van der Waals surface area contributed by atoms with E-state index >= 15 is 0 Å². The third kappa shape index (κ3) is 3.59. The maximum atomic E-state index is 12.2. The van der Waals surface area contributed by atoms with E-state index in [0.717, 1.165) is 35.7 Å². The highest BCUT2D eigenvalue weighted by molar-refractivity contribution is 7.91. The second-order valence-electron chi connectivity index (χ2n) is 5.58. The first kappa shape index (κ1) is 15.5. The van der Waals surface area contributed by atoms with Crippen LogP contribution in [0.15, 0.2) is 16.3 Å². The van der Waals surface area contributed by atoms with Crippen LogP contribution in [0.4, 0.5) is 0 Å². The van der Waals surface area contributed by atoms with Gasteiger partial charge in [-0.3, -0.25) is 4.79 Å². The zero-order valence-corrected chi connectivity index (χ0v) is 13.3. The molecule has 1 unspecified atom stereocenters. The van der Waals surface area contributed by atoms with Crippen LogP contribution in [-0.2, 0) is 21.2 Å². The lowest BCUT2D eigenvalue weighted by atomic mass is 9.95. The van der Waals surface area contributed by atoms with Gasteiger partial charge in [-0.2, -0.15) is 0 Å². The van der Waals surface area contributed by atoms with Gasteiger partial charge in [-0.05, 0) is 30.4 Å². The first-order valence-electron chi connectivity index (χ1n) is 6.66. The van der Waals surface area contributed by atoms with Crippen LogP contribution in [0.25, 0.3) is 0 Å². The zero-order valence-electron chi connectivity index (χ0n) is 11.7. The number of nitrogens with two attached hydrogens (primary N) is 1. The monoisotopic (exact) mass is 316 g/mol. The molecule has 112 valence electrons. The Kier molecular flexibility index (Phi) is 4.51. The maximum Gasteiger partial charge on any atom is 0.247 e. The van der Waals surface area contributed by atoms with E-state index in [2.05, 4.69) is 13.8 Å². The molecule has 2 N–H and O–H groups in total. The maximum absolute atomic E-state index is 12.2. The first-order valence-corrected chi connectivity index (χ1v) is 9.03. The number of likely N-dealkylation sites (tertiary alicyclic amines) is 1. The van der Waals surface area contributed by atoms with Crippen LogP contribution >= 0.6 is 11.3 Å². The highest BCUT2D eigenvalue weighted by atomic mass is 32.2. The molecule has 1 saturated heterocycles. The summed E-state index contributed by atoms with van der Waals surface area (Å²) < 4.78 is 22.5. The molecular formula is C13H20N2O3S2. The number of carbonyl (C=O) groups excluding carboxylic acids is 1. The van der Waals surface area contributed by atoms with Crippen molar-refractivity contribution in [3.05, 3.63) is 17.0 Å². The minimum Gasteiger partial charge on any atom is -0.342 e. The Hall–Kier alpha value is -0.920. The van der Waals surface area contributed by atoms with E-state index in [1.165, 1.54) is 6.07 Å². The average molecular weight is 316 g/mol. The molecule has 7 heteroatoms. The van der Waals surface area contributed by atoms with Crippen LogP contribution in [0.5, 0.6) is 0 Å². The topological polar surface area (TPSA) is 80.5 Å². The Morgan fingerprint density at radius 3 is 2.70 bits per heavy atom. The first-order chi connectivity index (χ1) is 9.27. The molecule has 0 aromatic carbocycles. The number of carbonyl (C=O) groups is 1. The minimum absolute atomic E-state index is 0.0657. The third-order valence-electron chi connectivity index (χ3n) is 3.76. The number of hydrogen-bond acceptors (Lipinski definition) is 4. The molecular weight excluding hydrogens is 296 g/mol. The summed E-state index contributed by atoms with van der Waals surface area (Å²) in [7, 11) is -3.66. The number of hydrogen-bond donors (Lipinski definition) is 1. The Morgan fingerprint density at radius 2 is 2.20 bits per heavy atom. The second kappa shape index (κ2) is 5.83. The van der Waals surface area contributed by atoms with Gasteiger partial charge in [-0.1, -0.05) is 13.8 Å².